The van der Waals surface area contributed by atoms with E-state index in [0.717, 1.165) is 23.8 Å². The van der Waals surface area contributed by atoms with Gasteiger partial charge in [-0.2, -0.15) is 9.53 Å². The summed E-state index contributed by atoms with van der Waals surface area (Å²) in [6.07, 6.45) is 0. The van der Waals surface area contributed by atoms with Crippen LogP contribution in [0.2, 0.25) is 0 Å². The second-order valence-corrected chi connectivity index (χ2v) is 10.6. The molecule has 2 unspecified atom stereocenters. The molecule has 1 rings (SSSR count). The molecule has 35 heavy (non-hydrogen) atoms. The number of hydrogen-bond acceptors (Lipinski definition) is 5. The molecule has 0 aliphatic rings. The summed E-state index contributed by atoms with van der Waals surface area (Å²) in [5, 5.41) is 8.35. The van der Waals surface area contributed by atoms with Crippen LogP contribution in [0.25, 0.3) is 0 Å². The second-order valence-electron chi connectivity index (χ2n) is 6.84. The molecule has 1 aromatic rings. The van der Waals surface area contributed by atoms with Crippen molar-refractivity contribution in [1.29, 1.82) is 0 Å². The number of benzene rings is 1. The molecule has 0 heterocycles. The summed E-state index contributed by atoms with van der Waals surface area (Å²) in [6, 6.07) is 9.24. The molecule has 0 aromatic heterocycles. The molecule has 0 saturated heterocycles. The Hall–Kier alpha value is -0.712. The minimum absolute atomic E-state index is 0. The van der Waals surface area contributed by atoms with Gasteiger partial charge in [-0.15, -0.1) is 0 Å². The maximum absolute atomic E-state index is 11.6. The normalized spacial score (nSPS) is 14.3. The molecule has 0 bridgehead atoms. The van der Waals surface area contributed by atoms with Crippen LogP contribution < -0.4 is 11.5 Å². The van der Waals surface area contributed by atoms with Crippen molar-refractivity contribution in [2.75, 3.05) is 40.5 Å². The number of likely N-dealkylation sites (N-methyl/N-ethyl adjacent to an activating group) is 2. The Morgan fingerprint density at radius 3 is 1.69 bits per heavy atom. The summed E-state index contributed by atoms with van der Waals surface area (Å²) >= 11 is 0. The fraction of sp³-hybridized carbons (Fsp3) is 0.412. The van der Waals surface area contributed by atoms with E-state index >= 15 is 0 Å². The SMILES string of the molecule is CN(CC(=O)O)C(N)=NP(C)(=O)O.CN(CC(=O)OCc1ccccc1)C(N)=NP(C)(=O)O.[Y].[Y]. The molecule has 0 spiro atoms. The average molecular weight is 686 g/mol. The minimum Gasteiger partial charge on any atom is -0.480 e. The van der Waals surface area contributed by atoms with Crippen LogP contribution >= 0.6 is 15.0 Å². The first kappa shape index (κ1) is 38.8. The van der Waals surface area contributed by atoms with Crippen molar-refractivity contribution in [3.8, 4) is 0 Å². The quantitative estimate of drug-likeness (QED) is 0.105. The molecule has 0 amide bonds. The zero-order valence-corrected chi connectivity index (χ0v) is 27.3. The second kappa shape index (κ2) is 18.5. The van der Waals surface area contributed by atoms with Crippen LogP contribution in [0.4, 0.5) is 0 Å². The van der Waals surface area contributed by atoms with Crippen LogP contribution in [0.1, 0.15) is 5.56 Å². The van der Waals surface area contributed by atoms with Crippen molar-refractivity contribution in [2.45, 2.75) is 6.61 Å². The van der Waals surface area contributed by atoms with E-state index in [4.69, 9.17) is 31.1 Å². The van der Waals surface area contributed by atoms with Crippen LogP contribution in [0.15, 0.2) is 39.9 Å². The molecule has 2 atom stereocenters. The molecule has 1 aromatic carbocycles. The summed E-state index contributed by atoms with van der Waals surface area (Å²) in [6.45, 7) is 1.71. The number of aliphatic carboxylic acids is 1. The summed E-state index contributed by atoms with van der Waals surface area (Å²) in [7, 11) is -4.36. The van der Waals surface area contributed by atoms with E-state index in [1.807, 2.05) is 30.3 Å². The van der Waals surface area contributed by atoms with E-state index in [0.29, 0.717) is 0 Å². The van der Waals surface area contributed by atoms with Gasteiger partial charge in [-0.1, -0.05) is 30.3 Å². The number of hydrogen-bond donors (Lipinski definition) is 5. The van der Waals surface area contributed by atoms with Gasteiger partial charge in [0.15, 0.2) is 11.9 Å². The summed E-state index contributed by atoms with van der Waals surface area (Å²) < 4.78 is 33.5. The molecule has 14 nitrogen and oxygen atoms in total. The van der Waals surface area contributed by atoms with Crippen LogP contribution in [-0.2, 0) is 95.5 Å². The van der Waals surface area contributed by atoms with Gasteiger partial charge in [0.25, 0.3) is 0 Å². The van der Waals surface area contributed by atoms with Gasteiger partial charge < -0.3 is 40.9 Å². The molecule has 192 valence electrons. The number of nitrogens with zero attached hydrogens (tertiary/aromatic N) is 4. The third-order valence-electron chi connectivity index (χ3n) is 3.34. The minimum atomic E-state index is -3.61. The van der Waals surface area contributed by atoms with Crippen LogP contribution in [0.5, 0.6) is 0 Å². The standard InChI is InChI=1S/C12H18N3O4P.C5H12N3O4P.2Y/c1-15(12(13)14-20(2,17)18)8-11(16)19-9-10-6-4-3-5-7-10;1-8(3-4(9)10)5(6)7-13(2,11)12;;/h3-7H,8-9H2,1-2H3,(H3,13,14,17,18);3H2,1-2H3,(H,9,10)(H3,6,7,11,12);;. The third kappa shape index (κ3) is 22.2. The van der Waals surface area contributed by atoms with Crippen LogP contribution in [-0.4, -0.2) is 89.1 Å². The molecule has 0 saturated carbocycles. The Labute approximate surface area is 254 Å². The van der Waals surface area contributed by atoms with E-state index in [1.165, 1.54) is 19.0 Å². The molecular formula is C17H30N6O8P2Y2. The number of carboxylic acids is 1. The number of guanidine groups is 2. The first-order valence-electron chi connectivity index (χ1n) is 9.15. The van der Waals surface area contributed by atoms with Gasteiger partial charge in [-0.3, -0.25) is 18.7 Å². The fourth-order valence-electron chi connectivity index (χ4n) is 1.88. The predicted octanol–water partition coefficient (Wildman–Crippen LogP) is -0.0808. The largest absolute Gasteiger partial charge is 0.480 e. The zero-order chi connectivity index (χ0) is 25.8. The number of carboxylic acid groups (broad SMARTS) is 1. The third-order valence-corrected chi connectivity index (χ3v) is 4.49. The Bertz CT molecular complexity index is 955. The van der Waals surface area contributed by atoms with E-state index in [9.17, 15) is 18.7 Å². The summed E-state index contributed by atoms with van der Waals surface area (Å²) in [5.41, 5.74) is 11.6. The number of nitrogens with two attached hydrogens (primary N) is 2. The van der Waals surface area contributed by atoms with Gasteiger partial charge >= 0.3 is 27.0 Å². The Morgan fingerprint density at radius 2 is 1.31 bits per heavy atom. The predicted molar refractivity (Wildman–Crippen MR) is 124 cm³/mol. The number of esters is 1. The van der Waals surface area contributed by atoms with Gasteiger partial charge in [0.2, 0.25) is 0 Å². The maximum Gasteiger partial charge on any atom is 0.325 e. The summed E-state index contributed by atoms with van der Waals surface area (Å²) in [5.74, 6) is -2.05. The van der Waals surface area contributed by atoms with Crippen molar-refractivity contribution in [3.05, 3.63) is 35.9 Å². The van der Waals surface area contributed by atoms with Gasteiger partial charge in [-0.05, 0) is 5.56 Å². The smallest absolute Gasteiger partial charge is 0.325 e. The monoisotopic (exact) mass is 686 g/mol. The molecule has 2 radical (unpaired) electrons. The first-order chi connectivity index (χ1) is 15.0. The van der Waals surface area contributed by atoms with Gasteiger partial charge in [0, 0.05) is 92.8 Å². The molecule has 7 N–H and O–H groups in total. The summed E-state index contributed by atoms with van der Waals surface area (Å²) in [4.78, 5) is 42.0. The molecule has 18 heteroatoms. The van der Waals surface area contributed by atoms with Crippen molar-refractivity contribution < 1.29 is 104 Å². The van der Waals surface area contributed by atoms with Crippen molar-refractivity contribution in [2.24, 2.45) is 21.0 Å². The fourth-order valence-corrected chi connectivity index (χ4v) is 2.94. The zero-order valence-electron chi connectivity index (χ0n) is 19.9. The van der Waals surface area contributed by atoms with Crippen LogP contribution in [0, 0.1) is 0 Å². The number of rotatable bonds is 8. The van der Waals surface area contributed by atoms with E-state index in [1.54, 1.807) is 0 Å². The molecule has 0 aliphatic heterocycles. The maximum atomic E-state index is 11.6. The number of ether oxygens (including phenoxy) is 1. The molecule has 0 fully saturated rings. The van der Waals surface area contributed by atoms with Crippen molar-refractivity contribution >= 4 is 38.9 Å². The number of carbonyl (C=O) groups excluding carboxylic acids is 1. The first-order valence-corrected chi connectivity index (χ1v) is 13.3. The Morgan fingerprint density at radius 1 is 0.914 bits per heavy atom. The average Bonchev–Trinajstić information content (AvgIpc) is 2.64. The van der Waals surface area contributed by atoms with Gasteiger partial charge in [-0.25, -0.2) is 0 Å². The van der Waals surface area contributed by atoms with E-state index in [-0.39, 0.29) is 97.0 Å². The Balaban J connectivity index is -0.000000601. The molecular weight excluding hydrogens is 656 g/mol. The van der Waals surface area contributed by atoms with Crippen LogP contribution in [0.3, 0.4) is 0 Å². The Kier molecular flexibility index (Phi) is 20.5. The topological polar surface area (TPSA) is 221 Å². The number of carbonyl (C=O) groups is 2. The van der Waals surface area contributed by atoms with E-state index in [2.05, 4.69) is 9.53 Å². The van der Waals surface area contributed by atoms with E-state index < -0.39 is 27.0 Å². The molecule has 0 aliphatic carbocycles. The van der Waals surface area contributed by atoms with Gasteiger partial charge in [0.1, 0.15) is 19.7 Å². The van der Waals surface area contributed by atoms with Crippen molar-refractivity contribution in [3.63, 3.8) is 0 Å². The van der Waals surface area contributed by atoms with Crippen molar-refractivity contribution in [1.82, 2.24) is 9.80 Å². The van der Waals surface area contributed by atoms with Gasteiger partial charge in [0.05, 0.1) is 0 Å².